The van der Waals surface area contributed by atoms with Crippen molar-refractivity contribution < 1.29 is 9.53 Å². The lowest BCUT2D eigenvalue weighted by atomic mass is 10.1. The zero-order valence-electron chi connectivity index (χ0n) is 11.5. The molecule has 16 heavy (non-hydrogen) atoms. The first-order valence-electron chi connectivity index (χ1n) is 6.34. The Balaban J connectivity index is 4.30. The third kappa shape index (κ3) is 5.50. The second-order valence-corrected chi connectivity index (χ2v) is 4.63. The van der Waals surface area contributed by atoms with Crippen LogP contribution in [-0.4, -0.2) is 37.6 Å². The Morgan fingerprint density at radius 3 is 2.44 bits per heavy atom. The number of unbranched alkanes of at least 4 members (excludes halogenated alkanes) is 1. The molecule has 0 saturated heterocycles. The average Bonchev–Trinajstić information content (AvgIpc) is 2.28. The minimum absolute atomic E-state index is 0.0704. The van der Waals surface area contributed by atoms with Gasteiger partial charge in [-0.05, 0) is 19.4 Å². The van der Waals surface area contributed by atoms with E-state index in [9.17, 15) is 4.79 Å². The molecular weight excluding hydrogens is 202 g/mol. The second-order valence-electron chi connectivity index (χ2n) is 4.63. The fourth-order valence-electron chi connectivity index (χ4n) is 1.80. The molecule has 0 aliphatic carbocycles. The molecule has 0 aromatic heterocycles. The molecule has 0 bridgehead atoms. The highest BCUT2D eigenvalue weighted by molar-refractivity contribution is 5.75. The lowest BCUT2D eigenvalue weighted by molar-refractivity contribution is -0.147. The summed E-state index contributed by atoms with van der Waals surface area (Å²) < 4.78 is 4.87. The molecule has 2 unspecified atom stereocenters. The molecule has 0 aliphatic rings. The van der Waals surface area contributed by atoms with Crippen LogP contribution in [0.2, 0.25) is 0 Å². The monoisotopic (exact) mass is 229 g/mol. The van der Waals surface area contributed by atoms with Crippen LogP contribution in [0.4, 0.5) is 0 Å². The van der Waals surface area contributed by atoms with Gasteiger partial charge in [-0.25, -0.2) is 0 Å². The summed E-state index contributed by atoms with van der Waals surface area (Å²) in [4.78, 5) is 13.8. The number of likely N-dealkylation sites (N-methyl/N-ethyl adjacent to an activating group) is 1. The van der Waals surface area contributed by atoms with Crippen LogP contribution in [0.15, 0.2) is 0 Å². The number of esters is 1. The van der Waals surface area contributed by atoms with Crippen LogP contribution in [-0.2, 0) is 9.53 Å². The predicted molar refractivity (Wildman–Crippen MR) is 67.4 cm³/mol. The van der Waals surface area contributed by atoms with E-state index < -0.39 is 0 Å². The van der Waals surface area contributed by atoms with Crippen LogP contribution in [0, 0.1) is 5.92 Å². The zero-order valence-corrected chi connectivity index (χ0v) is 11.5. The van der Waals surface area contributed by atoms with E-state index in [4.69, 9.17) is 4.74 Å². The van der Waals surface area contributed by atoms with E-state index in [-0.39, 0.29) is 12.0 Å². The molecule has 0 fully saturated rings. The standard InChI is InChI=1S/C13H27NO2/c1-6-8-9-12(13(15)16-5)14(4)10-11(3)7-2/h11-12H,6-10H2,1-5H3. The molecule has 3 nitrogen and oxygen atoms in total. The second kappa shape index (κ2) is 8.57. The average molecular weight is 229 g/mol. The fraction of sp³-hybridized carbons (Fsp3) is 0.923. The third-order valence-corrected chi connectivity index (χ3v) is 3.13. The molecule has 0 aromatic rings. The smallest absolute Gasteiger partial charge is 0.323 e. The maximum absolute atomic E-state index is 11.7. The van der Waals surface area contributed by atoms with E-state index in [1.807, 2.05) is 7.05 Å². The van der Waals surface area contributed by atoms with Gasteiger partial charge in [0.2, 0.25) is 0 Å². The molecule has 96 valence electrons. The lowest BCUT2D eigenvalue weighted by Gasteiger charge is -2.28. The Bertz CT molecular complexity index is 194. The third-order valence-electron chi connectivity index (χ3n) is 3.13. The number of nitrogens with zero attached hydrogens (tertiary/aromatic N) is 1. The first-order valence-corrected chi connectivity index (χ1v) is 6.34. The Morgan fingerprint density at radius 2 is 2.00 bits per heavy atom. The van der Waals surface area contributed by atoms with Gasteiger partial charge in [-0.1, -0.05) is 40.0 Å². The molecule has 0 aliphatic heterocycles. The Kier molecular flexibility index (Phi) is 8.26. The number of hydrogen-bond donors (Lipinski definition) is 0. The molecule has 0 amide bonds. The molecular formula is C13H27NO2. The summed E-state index contributed by atoms with van der Waals surface area (Å²) >= 11 is 0. The highest BCUT2D eigenvalue weighted by Crippen LogP contribution is 2.12. The molecule has 0 rings (SSSR count). The van der Waals surface area contributed by atoms with Crippen LogP contribution in [0.3, 0.4) is 0 Å². The van der Waals surface area contributed by atoms with Crippen molar-refractivity contribution in [3.63, 3.8) is 0 Å². The quantitative estimate of drug-likeness (QED) is 0.599. The van der Waals surface area contributed by atoms with Crippen LogP contribution < -0.4 is 0 Å². The molecule has 0 heterocycles. The molecule has 0 spiro atoms. The largest absolute Gasteiger partial charge is 0.468 e. The first-order chi connectivity index (χ1) is 7.56. The highest BCUT2D eigenvalue weighted by atomic mass is 16.5. The zero-order chi connectivity index (χ0) is 12.6. The first kappa shape index (κ1) is 15.4. The van der Waals surface area contributed by atoms with Crippen LogP contribution in [0.5, 0.6) is 0 Å². The number of carbonyl (C=O) groups is 1. The van der Waals surface area contributed by atoms with E-state index in [2.05, 4.69) is 25.7 Å². The minimum Gasteiger partial charge on any atom is -0.468 e. The minimum atomic E-state index is -0.0979. The fourth-order valence-corrected chi connectivity index (χ4v) is 1.80. The van der Waals surface area contributed by atoms with Crippen LogP contribution >= 0.6 is 0 Å². The molecule has 0 aromatic carbocycles. The van der Waals surface area contributed by atoms with Gasteiger partial charge in [0.05, 0.1) is 7.11 Å². The van der Waals surface area contributed by atoms with Gasteiger partial charge < -0.3 is 4.74 Å². The maximum atomic E-state index is 11.7. The van der Waals surface area contributed by atoms with Gasteiger partial charge in [0, 0.05) is 6.54 Å². The number of rotatable bonds is 8. The predicted octanol–water partition coefficient (Wildman–Crippen LogP) is 2.70. The summed E-state index contributed by atoms with van der Waals surface area (Å²) in [7, 11) is 3.49. The summed E-state index contributed by atoms with van der Waals surface area (Å²) in [6.45, 7) is 7.49. The van der Waals surface area contributed by atoms with Crippen molar-refractivity contribution in [2.45, 2.75) is 52.5 Å². The normalized spacial score (nSPS) is 14.9. The summed E-state index contributed by atoms with van der Waals surface area (Å²) in [5, 5.41) is 0. The molecule has 0 radical (unpaired) electrons. The summed E-state index contributed by atoms with van der Waals surface area (Å²) in [6, 6.07) is -0.0704. The van der Waals surface area contributed by atoms with Crippen molar-refractivity contribution in [1.82, 2.24) is 4.90 Å². The van der Waals surface area contributed by atoms with Gasteiger partial charge in [-0.15, -0.1) is 0 Å². The summed E-state index contributed by atoms with van der Waals surface area (Å²) in [6.07, 6.45) is 4.23. The van der Waals surface area contributed by atoms with Gasteiger partial charge in [0.1, 0.15) is 6.04 Å². The number of ether oxygens (including phenoxy) is 1. The SMILES string of the molecule is CCCCC(C(=O)OC)N(C)CC(C)CC. The summed E-state index contributed by atoms with van der Waals surface area (Å²) in [5.74, 6) is 0.526. The van der Waals surface area contributed by atoms with Gasteiger partial charge in [0.15, 0.2) is 0 Å². The molecule has 2 atom stereocenters. The van der Waals surface area contributed by atoms with Gasteiger partial charge in [0.25, 0.3) is 0 Å². The Labute approximate surface area is 100 Å². The lowest BCUT2D eigenvalue weighted by Crippen LogP contribution is -2.41. The molecule has 3 heteroatoms. The van der Waals surface area contributed by atoms with Gasteiger partial charge >= 0.3 is 5.97 Å². The van der Waals surface area contributed by atoms with Crippen molar-refractivity contribution in [1.29, 1.82) is 0 Å². The van der Waals surface area contributed by atoms with Gasteiger partial charge in [-0.3, -0.25) is 9.69 Å². The highest BCUT2D eigenvalue weighted by Gasteiger charge is 2.23. The van der Waals surface area contributed by atoms with Crippen molar-refractivity contribution in [3.8, 4) is 0 Å². The van der Waals surface area contributed by atoms with E-state index in [0.29, 0.717) is 5.92 Å². The van der Waals surface area contributed by atoms with Crippen LogP contribution in [0.25, 0.3) is 0 Å². The van der Waals surface area contributed by atoms with Crippen molar-refractivity contribution in [3.05, 3.63) is 0 Å². The van der Waals surface area contributed by atoms with Crippen molar-refractivity contribution in [2.24, 2.45) is 5.92 Å². The topological polar surface area (TPSA) is 29.5 Å². The van der Waals surface area contributed by atoms with E-state index in [1.54, 1.807) is 0 Å². The van der Waals surface area contributed by atoms with Gasteiger partial charge in [-0.2, -0.15) is 0 Å². The molecule has 0 saturated carbocycles. The van der Waals surface area contributed by atoms with E-state index >= 15 is 0 Å². The van der Waals surface area contributed by atoms with Crippen molar-refractivity contribution >= 4 is 5.97 Å². The number of methoxy groups -OCH3 is 1. The maximum Gasteiger partial charge on any atom is 0.323 e. The Morgan fingerprint density at radius 1 is 1.38 bits per heavy atom. The number of hydrogen-bond acceptors (Lipinski definition) is 3. The van der Waals surface area contributed by atoms with E-state index in [0.717, 1.165) is 32.2 Å². The molecule has 0 N–H and O–H groups in total. The Hall–Kier alpha value is -0.570. The van der Waals surface area contributed by atoms with Crippen LogP contribution in [0.1, 0.15) is 46.5 Å². The number of carbonyl (C=O) groups excluding carboxylic acids is 1. The van der Waals surface area contributed by atoms with Crippen molar-refractivity contribution in [2.75, 3.05) is 20.7 Å². The summed E-state index contributed by atoms with van der Waals surface area (Å²) in [5.41, 5.74) is 0. The van der Waals surface area contributed by atoms with E-state index in [1.165, 1.54) is 7.11 Å².